The van der Waals surface area contributed by atoms with Crippen molar-refractivity contribution in [3.05, 3.63) is 41.1 Å². The number of methoxy groups -OCH3 is 1. The van der Waals surface area contributed by atoms with E-state index in [9.17, 15) is 0 Å². The fourth-order valence-electron chi connectivity index (χ4n) is 2.85. The van der Waals surface area contributed by atoms with E-state index in [0.717, 1.165) is 49.5 Å². The van der Waals surface area contributed by atoms with Gasteiger partial charge in [-0.1, -0.05) is 12.1 Å². The summed E-state index contributed by atoms with van der Waals surface area (Å²) in [5.74, 6) is 2.17. The predicted octanol–water partition coefficient (Wildman–Crippen LogP) is 2.60. The second-order valence-corrected chi connectivity index (χ2v) is 5.59. The molecule has 0 atom stereocenters. The third-order valence-electron chi connectivity index (χ3n) is 4.07. The monoisotopic (exact) mass is 298 g/mol. The van der Waals surface area contributed by atoms with Crippen LogP contribution in [0.3, 0.4) is 0 Å². The van der Waals surface area contributed by atoms with Crippen molar-refractivity contribution in [2.45, 2.75) is 32.1 Å². The zero-order valence-corrected chi connectivity index (χ0v) is 12.9. The van der Waals surface area contributed by atoms with Crippen molar-refractivity contribution >= 4 is 11.8 Å². The van der Waals surface area contributed by atoms with Crippen molar-refractivity contribution < 1.29 is 4.74 Å². The average molecular weight is 298 g/mol. The Morgan fingerprint density at radius 3 is 2.73 bits per heavy atom. The van der Waals surface area contributed by atoms with Crippen LogP contribution in [0.1, 0.15) is 29.7 Å². The van der Waals surface area contributed by atoms with Crippen molar-refractivity contribution in [1.82, 2.24) is 9.97 Å². The summed E-state index contributed by atoms with van der Waals surface area (Å²) in [4.78, 5) is 8.83. The molecule has 0 amide bonds. The quantitative estimate of drug-likeness (QED) is 0.907. The van der Waals surface area contributed by atoms with E-state index in [-0.39, 0.29) is 0 Å². The molecule has 22 heavy (non-hydrogen) atoms. The second kappa shape index (κ2) is 6.64. The molecule has 5 nitrogen and oxygen atoms in total. The smallest absolute Gasteiger partial charge is 0.222 e. The average Bonchev–Trinajstić information content (AvgIpc) is 2.78. The molecule has 0 radical (unpaired) electrons. The molecule has 1 aromatic carbocycles. The summed E-state index contributed by atoms with van der Waals surface area (Å²) in [6, 6.07) is 8.18. The number of aromatic nitrogens is 2. The fourth-order valence-corrected chi connectivity index (χ4v) is 2.85. The first-order chi connectivity index (χ1) is 10.8. The minimum atomic E-state index is 0.359. The zero-order chi connectivity index (χ0) is 15.4. The van der Waals surface area contributed by atoms with E-state index >= 15 is 0 Å². The van der Waals surface area contributed by atoms with Gasteiger partial charge in [0.2, 0.25) is 5.95 Å². The number of rotatable bonds is 4. The van der Waals surface area contributed by atoms with Crippen LogP contribution < -0.4 is 15.8 Å². The van der Waals surface area contributed by atoms with E-state index in [2.05, 4.69) is 27.4 Å². The number of ether oxygens (including phenoxy) is 1. The number of hydrogen-bond donors (Lipinski definition) is 2. The van der Waals surface area contributed by atoms with Crippen LogP contribution in [0.5, 0.6) is 5.75 Å². The Labute approximate surface area is 130 Å². The lowest BCUT2D eigenvalue weighted by Gasteiger charge is -2.12. The molecule has 0 saturated carbocycles. The SMILES string of the molecule is COc1ccc(CCc2nc(N)nc3c2CCCCN3)cc1. The van der Waals surface area contributed by atoms with Crippen LogP contribution in [0.4, 0.5) is 11.8 Å². The number of aryl methyl sites for hydroxylation is 2. The maximum absolute atomic E-state index is 5.86. The Hall–Kier alpha value is -2.30. The van der Waals surface area contributed by atoms with Gasteiger partial charge in [-0.15, -0.1) is 0 Å². The van der Waals surface area contributed by atoms with Gasteiger partial charge in [0, 0.05) is 12.1 Å². The number of nitrogens with two attached hydrogens (primary N) is 1. The summed E-state index contributed by atoms with van der Waals surface area (Å²) in [5, 5.41) is 3.37. The first-order valence-corrected chi connectivity index (χ1v) is 7.78. The molecule has 1 aliphatic heterocycles. The number of nitrogens with zero attached hydrogens (tertiary/aromatic N) is 2. The van der Waals surface area contributed by atoms with Gasteiger partial charge in [-0.2, -0.15) is 4.98 Å². The summed E-state index contributed by atoms with van der Waals surface area (Å²) < 4.78 is 5.19. The normalized spacial score (nSPS) is 13.9. The number of fused-ring (bicyclic) bond motifs is 1. The summed E-state index contributed by atoms with van der Waals surface area (Å²) in [5.41, 5.74) is 9.45. The Balaban J connectivity index is 1.77. The summed E-state index contributed by atoms with van der Waals surface area (Å²) >= 11 is 0. The molecular formula is C17H22N4O. The molecule has 1 aliphatic rings. The molecule has 116 valence electrons. The summed E-state index contributed by atoms with van der Waals surface area (Å²) in [7, 11) is 1.68. The third kappa shape index (κ3) is 3.30. The van der Waals surface area contributed by atoms with Gasteiger partial charge in [-0.25, -0.2) is 4.98 Å². The molecule has 0 saturated heterocycles. The highest BCUT2D eigenvalue weighted by Gasteiger charge is 2.15. The highest BCUT2D eigenvalue weighted by molar-refractivity contribution is 5.50. The molecule has 0 aliphatic carbocycles. The van der Waals surface area contributed by atoms with Gasteiger partial charge >= 0.3 is 0 Å². The van der Waals surface area contributed by atoms with Crippen LogP contribution in [-0.2, 0) is 19.3 Å². The molecule has 0 unspecified atom stereocenters. The minimum Gasteiger partial charge on any atom is -0.497 e. The van der Waals surface area contributed by atoms with Crippen molar-refractivity contribution in [2.24, 2.45) is 0 Å². The van der Waals surface area contributed by atoms with E-state index in [1.807, 2.05) is 12.1 Å². The molecule has 3 N–H and O–H groups in total. The van der Waals surface area contributed by atoms with Crippen LogP contribution in [0, 0.1) is 0 Å². The van der Waals surface area contributed by atoms with Gasteiger partial charge < -0.3 is 15.8 Å². The lowest BCUT2D eigenvalue weighted by atomic mass is 10.0. The van der Waals surface area contributed by atoms with Gasteiger partial charge in [-0.05, 0) is 49.8 Å². The minimum absolute atomic E-state index is 0.359. The Kier molecular flexibility index (Phi) is 4.42. The number of benzene rings is 1. The molecule has 5 heteroatoms. The largest absolute Gasteiger partial charge is 0.497 e. The van der Waals surface area contributed by atoms with E-state index in [4.69, 9.17) is 10.5 Å². The number of nitrogen functional groups attached to an aromatic ring is 1. The van der Waals surface area contributed by atoms with Gasteiger partial charge in [0.25, 0.3) is 0 Å². The first kappa shape index (κ1) is 14.6. The second-order valence-electron chi connectivity index (χ2n) is 5.59. The zero-order valence-electron chi connectivity index (χ0n) is 12.9. The Bertz CT molecular complexity index is 640. The Morgan fingerprint density at radius 1 is 1.14 bits per heavy atom. The van der Waals surface area contributed by atoms with E-state index < -0.39 is 0 Å². The van der Waals surface area contributed by atoms with E-state index in [1.165, 1.54) is 17.5 Å². The van der Waals surface area contributed by atoms with Crippen molar-refractivity contribution in [3.63, 3.8) is 0 Å². The molecule has 3 rings (SSSR count). The van der Waals surface area contributed by atoms with Crippen LogP contribution in [-0.4, -0.2) is 23.6 Å². The van der Waals surface area contributed by atoms with Gasteiger partial charge in [0.05, 0.1) is 12.8 Å². The van der Waals surface area contributed by atoms with Crippen LogP contribution in [0.2, 0.25) is 0 Å². The molecule has 1 aromatic heterocycles. The number of anilines is 2. The molecule has 2 aromatic rings. The van der Waals surface area contributed by atoms with Gasteiger partial charge in [0.1, 0.15) is 11.6 Å². The first-order valence-electron chi connectivity index (χ1n) is 7.78. The topological polar surface area (TPSA) is 73.1 Å². The maximum Gasteiger partial charge on any atom is 0.222 e. The van der Waals surface area contributed by atoms with Crippen molar-refractivity contribution in [2.75, 3.05) is 24.7 Å². The highest BCUT2D eigenvalue weighted by atomic mass is 16.5. The molecule has 0 bridgehead atoms. The molecule has 2 heterocycles. The van der Waals surface area contributed by atoms with E-state index in [1.54, 1.807) is 7.11 Å². The molecule has 0 fully saturated rings. The maximum atomic E-state index is 5.86. The van der Waals surface area contributed by atoms with Crippen molar-refractivity contribution in [3.8, 4) is 5.75 Å². The highest BCUT2D eigenvalue weighted by Crippen LogP contribution is 2.24. The summed E-state index contributed by atoms with van der Waals surface area (Å²) in [6.07, 6.45) is 5.17. The lowest BCUT2D eigenvalue weighted by molar-refractivity contribution is 0.414. The number of nitrogens with one attached hydrogen (secondary N) is 1. The Morgan fingerprint density at radius 2 is 1.95 bits per heavy atom. The van der Waals surface area contributed by atoms with Crippen LogP contribution in [0.25, 0.3) is 0 Å². The van der Waals surface area contributed by atoms with Gasteiger partial charge in [0.15, 0.2) is 0 Å². The van der Waals surface area contributed by atoms with Crippen LogP contribution in [0.15, 0.2) is 24.3 Å². The van der Waals surface area contributed by atoms with Gasteiger partial charge in [-0.3, -0.25) is 0 Å². The van der Waals surface area contributed by atoms with Crippen LogP contribution >= 0.6 is 0 Å². The lowest BCUT2D eigenvalue weighted by Crippen LogP contribution is -2.10. The molecule has 0 spiro atoms. The number of hydrogen-bond acceptors (Lipinski definition) is 5. The van der Waals surface area contributed by atoms with Crippen molar-refractivity contribution in [1.29, 1.82) is 0 Å². The standard InChI is InChI=1S/C17H22N4O/c1-22-13-8-5-12(6-9-13)7-10-15-14-4-2-3-11-19-16(14)21-17(18)20-15/h5-6,8-9H,2-4,7,10-11H2,1H3,(H3,18,19,20,21). The predicted molar refractivity (Wildman–Crippen MR) is 88.3 cm³/mol. The van der Waals surface area contributed by atoms with E-state index in [0.29, 0.717) is 5.95 Å². The summed E-state index contributed by atoms with van der Waals surface area (Å²) in [6.45, 7) is 0.960. The third-order valence-corrected chi connectivity index (χ3v) is 4.07. The fraction of sp³-hybridized carbons (Fsp3) is 0.412. The molecular weight excluding hydrogens is 276 g/mol.